The lowest BCUT2D eigenvalue weighted by atomic mass is 10.0. The van der Waals surface area contributed by atoms with Crippen LogP contribution in [0.1, 0.15) is 18.1 Å². The van der Waals surface area contributed by atoms with Crippen molar-refractivity contribution in [2.45, 2.75) is 25.3 Å². The van der Waals surface area contributed by atoms with Crippen LogP contribution in [0.3, 0.4) is 0 Å². The Balaban J connectivity index is 2.43. The zero-order valence-electron chi connectivity index (χ0n) is 7.10. The maximum Gasteiger partial charge on any atom is 0.0207 e. The Hall–Kier alpha value is -0.340. The Morgan fingerprint density at radius 3 is 2.75 bits per heavy atom. The Morgan fingerprint density at radius 1 is 1.33 bits per heavy atom. The van der Waals surface area contributed by atoms with Gasteiger partial charge in [0.1, 0.15) is 0 Å². The Morgan fingerprint density at radius 2 is 2.00 bits per heavy atom. The van der Waals surface area contributed by atoms with E-state index < -0.39 is 0 Å². The number of benzene rings is 1. The first-order chi connectivity index (χ1) is 5.57. The minimum atomic E-state index is -0.0247. The molecule has 0 aromatic heterocycles. The summed E-state index contributed by atoms with van der Waals surface area (Å²) in [5.74, 6) is 0. The van der Waals surface area contributed by atoms with E-state index in [2.05, 4.69) is 41.1 Å². The van der Waals surface area contributed by atoms with E-state index in [1.807, 2.05) is 0 Å². The van der Waals surface area contributed by atoms with Crippen LogP contribution in [-0.4, -0.2) is 5.54 Å². The molecule has 0 unspecified atom stereocenters. The van der Waals surface area contributed by atoms with Crippen LogP contribution in [0.25, 0.3) is 0 Å². The highest BCUT2D eigenvalue weighted by Gasteiger charge is 2.28. The van der Waals surface area contributed by atoms with Crippen LogP contribution in [0.2, 0.25) is 0 Å². The molecule has 2 N–H and O–H groups in total. The molecule has 0 fully saturated rings. The van der Waals surface area contributed by atoms with Crippen LogP contribution >= 0.6 is 15.9 Å². The van der Waals surface area contributed by atoms with Gasteiger partial charge in [-0.2, -0.15) is 0 Å². The van der Waals surface area contributed by atoms with Gasteiger partial charge in [-0.3, -0.25) is 0 Å². The van der Waals surface area contributed by atoms with E-state index >= 15 is 0 Å². The van der Waals surface area contributed by atoms with Gasteiger partial charge in [-0.25, -0.2) is 0 Å². The van der Waals surface area contributed by atoms with Gasteiger partial charge < -0.3 is 5.73 Å². The van der Waals surface area contributed by atoms with Crippen molar-refractivity contribution in [3.05, 3.63) is 33.8 Å². The second kappa shape index (κ2) is 2.57. The molecule has 0 heterocycles. The van der Waals surface area contributed by atoms with Gasteiger partial charge in [-0.15, -0.1) is 0 Å². The lowest BCUT2D eigenvalue weighted by molar-refractivity contribution is 0.499. The summed E-state index contributed by atoms with van der Waals surface area (Å²) in [5.41, 5.74) is 8.84. The van der Waals surface area contributed by atoms with Gasteiger partial charge in [-0.05, 0) is 43.0 Å². The summed E-state index contributed by atoms with van der Waals surface area (Å²) in [6, 6.07) is 6.42. The molecular weight excluding hydrogens is 214 g/mol. The van der Waals surface area contributed by atoms with Gasteiger partial charge in [0, 0.05) is 10.0 Å². The number of halogens is 1. The highest BCUT2D eigenvalue weighted by molar-refractivity contribution is 9.10. The minimum absolute atomic E-state index is 0.0247. The molecule has 1 aliphatic carbocycles. The third kappa shape index (κ3) is 1.41. The zero-order chi connectivity index (χ0) is 8.77. The summed E-state index contributed by atoms with van der Waals surface area (Å²) in [6.45, 7) is 2.11. The van der Waals surface area contributed by atoms with Crippen molar-refractivity contribution in [1.82, 2.24) is 0 Å². The zero-order valence-corrected chi connectivity index (χ0v) is 8.69. The molecule has 2 rings (SSSR count). The van der Waals surface area contributed by atoms with Crippen molar-refractivity contribution in [3.63, 3.8) is 0 Å². The quantitative estimate of drug-likeness (QED) is 0.721. The normalized spacial score (nSPS) is 27.2. The molecular formula is C10H12BrN. The highest BCUT2D eigenvalue weighted by atomic mass is 79.9. The fourth-order valence-electron chi connectivity index (χ4n) is 1.86. The standard InChI is InChI=1S/C10H12BrN/c1-10(12)5-7-2-3-9(11)4-8(7)6-10/h2-4H,5-6,12H2,1H3/t10-/m1/s1. The van der Waals surface area contributed by atoms with Gasteiger partial charge >= 0.3 is 0 Å². The molecule has 0 amide bonds. The van der Waals surface area contributed by atoms with Crippen molar-refractivity contribution in [2.75, 3.05) is 0 Å². The highest BCUT2D eigenvalue weighted by Crippen LogP contribution is 2.29. The maximum atomic E-state index is 6.06. The van der Waals surface area contributed by atoms with Crippen LogP contribution in [0.15, 0.2) is 22.7 Å². The third-order valence-corrected chi connectivity index (χ3v) is 2.85. The van der Waals surface area contributed by atoms with Crippen molar-refractivity contribution in [2.24, 2.45) is 5.73 Å². The Kier molecular flexibility index (Phi) is 1.77. The van der Waals surface area contributed by atoms with Crippen LogP contribution in [0, 0.1) is 0 Å². The Labute approximate surface area is 81.1 Å². The molecule has 64 valence electrons. The molecule has 1 atom stereocenters. The van der Waals surface area contributed by atoms with Crippen LogP contribution in [-0.2, 0) is 12.8 Å². The summed E-state index contributed by atoms with van der Waals surface area (Å²) < 4.78 is 1.15. The molecule has 0 saturated carbocycles. The smallest absolute Gasteiger partial charge is 0.0207 e. The second-order valence-electron chi connectivity index (χ2n) is 3.92. The van der Waals surface area contributed by atoms with E-state index in [0.717, 1.165) is 17.3 Å². The van der Waals surface area contributed by atoms with Crippen LogP contribution in [0.4, 0.5) is 0 Å². The average Bonchev–Trinajstić information content (AvgIpc) is 2.21. The van der Waals surface area contributed by atoms with Crippen molar-refractivity contribution in [3.8, 4) is 0 Å². The van der Waals surface area contributed by atoms with E-state index in [1.54, 1.807) is 0 Å². The lowest BCUT2D eigenvalue weighted by Gasteiger charge is -2.15. The lowest BCUT2D eigenvalue weighted by Crippen LogP contribution is -2.36. The molecule has 0 spiro atoms. The number of fused-ring (bicyclic) bond motifs is 1. The summed E-state index contributed by atoms with van der Waals surface area (Å²) in [4.78, 5) is 0. The van der Waals surface area contributed by atoms with E-state index in [0.29, 0.717) is 0 Å². The number of nitrogens with two attached hydrogens (primary N) is 1. The van der Waals surface area contributed by atoms with E-state index in [1.165, 1.54) is 11.1 Å². The first kappa shape index (κ1) is 8.27. The largest absolute Gasteiger partial charge is 0.325 e. The molecule has 2 heteroatoms. The van der Waals surface area contributed by atoms with E-state index in [9.17, 15) is 0 Å². The molecule has 0 bridgehead atoms. The summed E-state index contributed by atoms with van der Waals surface area (Å²) in [6.07, 6.45) is 2.01. The topological polar surface area (TPSA) is 26.0 Å². The number of hydrogen-bond acceptors (Lipinski definition) is 1. The molecule has 0 radical (unpaired) electrons. The van der Waals surface area contributed by atoms with Crippen molar-refractivity contribution in [1.29, 1.82) is 0 Å². The molecule has 0 saturated heterocycles. The number of hydrogen-bond donors (Lipinski definition) is 1. The van der Waals surface area contributed by atoms with Crippen molar-refractivity contribution < 1.29 is 0 Å². The van der Waals surface area contributed by atoms with Gasteiger partial charge in [0.05, 0.1) is 0 Å². The fraction of sp³-hybridized carbons (Fsp3) is 0.400. The molecule has 12 heavy (non-hydrogen) atoms. The van der Waals surface area contributed by atoms with Gasteiger partial charge in [0.15, 0.2) is 0 Å². The Bertz CT molecular complexity index is 318. The predicted octanol–water partition coefficient (Wildman–Crippen LogP) is 2.27. The summed E-state index contributed by atoms with van der Waals surface area (Å²) in [5, 5.41) is 0. The van der Waals surface area contributed by atoms with Gasteiger partial charge in [0.2, 0.25) is 0 Å². The van der Waals surface area contributed by atoms with Gasteiger partial charge in [0.25, 0.3) is 0 Å². The maximum absolute atomic E-state index is 6.06. The van der Waals surface area contributed by atoms with E-state index in [4.69, 9.17) is 5.73 Å². The molecule has 1 nitrogen and oxygen atoms in total. The van der Waals surface area contributed by atoms with E-state index in [-0.39, 0.29) is 5.54 Å². The number of rotatable bonds is 0. The second-order valence-corrected chi connectivity index (χ2v) is 4.84. The summed E-state index contributed by atoms with van der Waals surface area (Å²) >= 11 is 3.46. The summed E-state index contributed by atoms with van der Waals surface area (Å²) in [7, 11) is 0. The van der Waals surface area contributed by atoms with Crippen molar-refractivity contribution >= 4 is 15.9 Å². The molecule has 0 aliphatic heterocycles. The average molecular weight is 226 g/mol. The monoisotopic (exact) mass is 225 g/mol. The first-order valence-electron chi connectivity index (χ1n) is 4.13. The minimum Gasteiger partial charge on any atom is -0.325 e. The van der Waals surface area contributed by atoms with Crippen LogP contribution < -0.4 is 5.73 Å². The first-order valence-corrected chi connectivity index (χ1v) is 4.92. The third-order valence-electron chi connectivity index (χ3n) is 2.36. The van der Waals surface area contributed by atoms with Gasteiger partial charge in [-0.1, -0.05) is 22.0 Å². The molecule has 1 aromatic rings. The predicted molar refractivity (Wildman–Crippen MR) is 54.1 cm³/mol. The SMILES string of the molecule is C[C@@]1(N)Cc2ccc(Br)cc2C1. The van der Waals surface area contributed by atoms with Crippen LogP contribution in [0.5, 0.6) is 0 Å². The molecule has 1 aromatic carbocycles. The molecule has 1 aliphatic rings. The fourth-order valence-corrected chi connectivity index (χ4v) is 2.27.